The summed E-state index contributed by atoms with van der Waals surface area (Å²) in [6.45, 7) is 17.0. The molecule has 0 fully saturated rings. The molecule has 0 unspecified atom stereocenters. The highest BCUT2D eigenvalue weighted by Crippen LogP contribution is 2.04. The highest BCUT2D eigenvalue weighted by molar-refractivity contribution is 6.88. The third-order valence-corrected chi connectivity index (χ3v) is 4.92. The van der Waals surface area contributed by atoms with Crippen molar-refractivity contribution < 1.29 is 0 Å². The van der Waals surface area contributed by atoms with Crippen LogP contribution >= 0.6 is 0 Å². The molecule has 4 N–H and O–H groups in total. The summed E-state index contributed by atoms with van der Waals surface area (Å²) in [5.41, 5.74) is 13.9. The van der Waals surface area contributed by atoms with Gasteiger partial charge in [0.2, 0.25) is 0 Å². The monoisotopic (exact) mass is 364 g/mol. The van der Waals surface area contributed by atoms with Gasteiger partial charge in [0.25, 0.3) is 0 Å². The third kappa shape index (κ3) is 15.5. The lowest BCUT2D eigenvalue weighted by molar-refractivity contribution is 1.47. The fourth-order valence-corrected chi connectivity index (χ4v) is 2.72. The van der Waals surface area contributed by atoms with Crippen LogP contribution in [0.1, 0.15) is 48.1 Å². The molecule has 146 valence electrons. The average Bonchev–Trinajstić information content (AvgIpc) is 2.54. The molecule has 0 radical (unpaired) electrons. The lowest BCUT2D eigenvalue weighted by Gasteiger charge is -2.15. The fraction of sp³-hybridized carbons (Fsp3) is 0.455. The molecule has 2 rings (SSSR count). The van der Waals surface area contributed by atoms with Gasteiger partial charge >= 0.3 is 0 Å². The van der Waals surface area contributed by atoms with E-state index in [2.05, 4.69) is 31.8 Å². The maximum absolute atomic E-state index is 5.59. The zero-order chi connectivity index (χ0) is 18.5. The molecule has 0 saturated heterocycles. The molecule has 0 amide bonds. The predicted octanol–water partition coefficient (Wildman–Crippen LogP) is 6.72. The van der Waals surface area contributed by atoms with E-state index < -0.39 is 8.07 Å². The summed E-state index contributed by atoms with van der Waals surface area (Å²) < 4.78 is 0. The fourth-order valence-electron chi connectivity index (χ4n) is 1.55. The largest absolute Gasteiger partial charge is 0.399 e. The van der Waals surface area contributed by atoms with Crippen LogP contribution in [0, 0.1) is 6.92 Å². The number of nitrogens with two attached hydrogens (primary N) is 2. The van der Waals surface area contributed by atoms with Gasteiger partial charge in [-0.05, 0) is 31.2 Å². The van der Waals surface area contributed by atoms with Crippen LogP contribution in [0.3, 0.4) is 0 Å². The van der Waals surface area contributed by atoms with Crippen molar-refractivity contribution in [2.45, 2.75) is 69.1 Å². The van der Waals surface area contributed by atoms with Crippen LogP contribution in [-0.4, -0.2) is 8.07 Å². The Labute approximate surface area is 159 Å². The Kier molecular flexibility index (Phi) is 21.2. The molecule has 0 atom stereocenters. The molecule has 0 bridgehead atoms. The van der Waals surface area contributed by atoms with Gasteiger partial charge in [-0.2, -0.15) is 0 Å². The Morgan fingerprint density at radius 3 is 1.12 bits per heavy atom. The van der Waals surface area contributed by atoms with Crippen LogP contribution in [0.2, 0.25) is 19.6 Å². The SMILES string of the molecule is C.C.CC.CC.C[Si](C)(C)c1ccc(N)cc1.Cc1ccc(N)cc1. The van der Waals surface area contributed by atoms with Gasteiger partial charge in [0, 0.05) is 11.4 Å². The summed E-state index contributed by atoms with van der Waals surface area (Å²) in [7, 11) is -1.11. The van der Waals surface area contributed by atoms with Crippen LogP contribution in [-0.2, 0) is 0 Å². The predicted molar refractivity (Wildman–Crippen MR) is 126 cm³/mol. The number of aryl methyl sites for hydroxylation is 1. The Balaban J connectivity index is -0.000000141. The molecule has 25 heavy (non-hydrogen) atoms. The minimum Gasteiger partial charge on any atom is -0.399 e. The summed E-state index contributed by atoms with van der Waals surface area (Å²) in [6, 6.07) is 16.0. The quantitative estimate of drug-likeness (QED) is 0.436. The Morgan fingerprint density at radius 1 is 0.600 bits per heavy atom. The number of benzene rings is 2. The third-order valence-electron chi connectivity index (χ3n) is 2.85. The molecule has 0 aliphatic heterocycles. The van der Waals surface area contributed by atoms with Gasteiger partial charge in [-0.15, -0.1) is 0 Å². The number of nitrogen functional groups attached to an aromatic ring is 2. The van der Waals surface area contributed by atoms with E-state index in [0.29, 0.717) is 0 Å². The average molecular weight is 365 g/mol. The van der Waals surface area contributed by atoms with Crippen LogP contribution in [0.15, 0.2) is 48.5 Å². The Hall–Kier alpha value is -1.74. The van der Waals surface area contributed by atoms with Crippen LogP contribution in [0.4, 0.5) is 11.4 Å². The smallest absolute Gasteiger partial charge is 0.0775 e. The first kappa shape index (κ1) is 31.1. The Morgan fingerprint density at radius 2 is 0.880 bits per heavy atom. The molecule has 0 aliphatic rings. The van der Waals surface area contributed by atoms with Crippen molar-refractivity contribution in [3.8, 4) is 0 Å². The van der Waals surface area contributed by atoms with E-state index in [4.69, 9.17) is 11.5 Å². The summed E-state index contributed by atoms with van der Waals surface area (Å²) in [4.78, 5) is 0. The molecule has 2 aromatic carbocycles. The molecule has 2 aromatic rings. The molecule has 0 aromatic heterocycles. The standard InChI is InChI=1S/C9H15NSi.C7H9N.2C2H6.2CH4/c1-11(2,3)9-6-4-8(10)5-7-9;1-6-2-4-7(8)5-3-6;2*1-2;;/h4-7H,10H2,1-3H3;2-5H,8H2,1H3;2*1-2H3;2*1H4. The second-order valence-electron chi connectivity index (χ2n) is 5.78. The molecule has 2 nitrogen and oxygen atoms in total. The van der Waals surface area contributed by atoms with E-state index in [1.807, 2.05) is 71.0 Å². The van der Waals surface area contributed by atoms with E-state index in [9.17, 15) is 0 Å². The van der Waals surface area contributed by atoms with E-state index in [-0.39, 0.29) is 14.9 Å². The summed E-state index contributed by atoms with van der Waals surface area (Å²) in [6.07, 6.45) is 0. The van der Waals surface area contributed by atoms with Crippen molar-refractivity contribution in [3.05, 3.63) is 54.1 Å². The van der Waals surface area contributed by atoms with Crippen molar-refractivity contribution in [3.63, 3.8) is 0 Å². The van der Waals surface area contributed by atoms with Gasteiger partial charge in [0.15, 0.2) is 0 Å². The van der Waals surface area contributed by atoms with E-state index in [0.717, 1.165) is 11.4 Å². The summed E-state index contributed by atoms with van der Waals surface area (Å²) in [5.74, 6) is 0. The highest BCUT2D eigenvalue weighted by atomic mass is 28.3. The van der Waals surface area contributed by atoms with Gasteiger partial charge in [0.05, 0.1) is 8.07 Å². The Bertz CT molecular complexity index is 476. The number of hydrogen-bond acceptors (Lipinski definition) is 2. The molecular formula is C22H44N2Si. The maximum Gasteiger partial charge on any atom is 0.0775 e. The molecule has 0 spiro atoms. The van der Waals surface area contributed by atoms with E-state index >= 15 is 0 Å². The van der Waals surface area contributed by atoms with Crippen LogP contribution < -0.4 is 16.7 Å². The first-order valence-electron chi connectivity index (χ1n) is 8.47. The lowest BCUT2D eigenvalue weighted by Crippen LogP contribution is -2.37. The number of anilines is 2. The van der Waals surface area contributed by atoms with Crippen molar-refractivity contribution in [1.29, 1.82) is 0 Å². The van der Waals surface area contributed by atoms with Gasteiger partial charge < -0.3 is 11.5 Å². The topological polar surface area (TPSA) is 52.0 Å². The zero-order valence-electron chi connectivity index (χ0n) is 16.3. The molecule has 0 saturated carbocycles. The van der Waals surface area contributed by atoms with Gasteiger partial charge in [-0.3, -0.25) is 0 Å². The maximum atomic E-state index is 5.59. The molecule has 3 heteroatoms. The van der Waals surface area contributed by atoms with Crippen molar-refractivity contribution in [2.24, 2.45) is 0 Å². The van der Waals surface area contributed by atoms with Crippen LogP contribution in [0.25, 0.3) is 0 Å². The van der Waals surface area contributed by atoms with Gasteiger partial charge in [0.1, 0.15) is 0 Å². The molecular weight excluding hydrogens is 320 g/mol. The summed E-state index contributed by atoms with van der Waals surface area (Å²) >= 11 is 0. The second-order valence-corrected chi connectivity index (χ2v) is 10.9. The molecule has 0 aliphatic carbocycles. The normalized spacial score (nSPS) is 8.48. The van der Waals surface area contributed by atoms with Crippen molar-refractivity contribution >= 4 is 24.6 Å². The first-order valence-corrected chi connectivity index (χ1v) is 12.0. The minimum absolute atomic E-state index is 0. The van der Waals surface area contributed by atoms with E-state index in [1.54, 1.807) is 0 Å². The minimum atomic E-state index is -1.11. The highest BCUT2D eigenvalue weighted by Gasteiger charge is 2.14. The van der Waals surface area contributed by atoms with Crippen molar-refractivity contribution in [2.75, 3.05) is 11.5 Å². The number of rotatable bonds is 1. The van der Waals surface area contributed by atoms with Crippen LogP contribution in [0.5, 0.6) is 0 Å². The first-order chi connectivity index (χ1) is 10.8. The van der Waals surface area contributed by atoms with Crippen molar-refractivity contribution in [1.82, 2.24) is 0 Å². The molecule has 0 heterocycles. The van der Waals surface area contributed by atoms with E-state index in [1.165, 1.54) is 10.8 Å². The number of hydrogen-bond donors (Lipinski definition) is 2. The van der Waals surface area contributed by atoms with Gasteiger partial charge in [-0.1, -0.05) is 97.2 Å². The van der Waals surface area contributed by atoms with Gasteiger partial charge in [-0.25, -0.2) is 0 Å². The second kappa shape index (κ2) is 17.1. The lowest BCUT2D eigenvalue weighted by atomic mass is 10.2. The zero-order valence-corrected chi connectivity index (χ0v) is 17.3. The summed E-state index contributed by atoms with van der Waals surface area (Å²) in [5, 5.41) is 1.46.